The molecular formula is C19H17N4O3+. The number of nitro benzene ring substituents is 1. The monoisotopic (exact) mass is 349 g/mol. The molecule has 2 aromatic carbocycles. The maximum atomic E-state index is 12.3. The van der Waals surface area contributed by atoms with E-state index in [9.17, 15) is 14.9 Å². The molecule has 26 heavy (non-hydrogen) atoms. The molecule has 0 saturated heterocycles. The van der Waals surface area contributed by atoms with E-state index in [1.165, 1.54) is 24.3 Å². The number of carbonyl (C=O) groups excluding carboxylic acids is 1. The second kappa shape index (κ2) is 7.43. The molecule has 0 unspecified atom stereocenters. The second-order valence-electron chi connectivity index (χ2n) is 5.71. The quantitative estimate of drug-likeness (QED) is 0.420. The van der Waals surface area contributed by atoms with Crippen molar-refractivity contribution in [3.05, 3.63) is 88.7 Å². The summed E-state index contributed by atoms with van der Waals surface area (Å²) in [7, 11) is 1.95. The fourth-order valence-electron chi connectivity index (χ4n) is 2.33. The molecular weight excluding hydrogens is 332 g/mol. The van der Waals surface area contributed by atoms with Crippen molar-refractivity contribution in [1.82, 2.24) is 0 Å². The molecule has 0 aliphatic rings. The number of hydrogen-bond donors (Lipinski definition) is 2. The molecule has 1 amide bonds. The lowest BCUT2D eigenvalue weighted by atomic mass is 10.2. The summed E-state index contributed by atoms with van der Waals surface area (Å²) in [5, 5.41) is 16.6. The Labute approximate surface area is 150 Å². The molecule has 1 aromatic heterocycles. The number of pyridine rings is 1. The number of rotatable bonds is 5. The van der Waals surface area contributed by atoms with Crippen LogP contribution in [-0.2, 0) is 7.05 Å². The van der Waals surface area contributed by atoms with E-state index in [4.69, 9.17) is 0 Å². The van der Waals surface area contributed by atoms with Crippen molar-refractivity contribution in [2.75, 3.05) is 10.6 Å². The minimum absolute atomic E-state index is 0.0204. The number of aromatic nitrogens is 1. The van der Waals surface area contributed by atoms with Crippen LogP contribution in [0.2, 0.25) is 0 Å². The van der Waals surface area contributed by atoms with Gasteiger partial charge in [0.05, 0.1) is 10.6 Å². The van der Waals surface area contributed by atoms with Crippen molar-refractivity contribution in [2.24, 2.45) is 7.05 Å². The molecule has 0 bridgehead atoms. The molecule has 0 atom stereocenters. The summed E-state index contributed by atoms with van der Waals surface area (Å²) in [6, 6.07) is 16.7. The summed E-state index contributed by atoms with van der Waals surface area (Å²) in [5.41, 5.74) is 2.79. The Kier molecular flexibility index (Phi) is 4.89. The molecule has 1 heterocycles. The van der Waals surface area contributed by atoms with Gasteiger partial charge in [-0.3, -0.25) is 14.9 Å². The first-order valence-corrected chi connectivity index (χ1v) is 7.89. The van der Waals surface area contributed by atoms with Crippen molar-refractivity contribution < 1.29 is 14.3 Å². The zero-order valence-corrected chi connectivity index (χ0v) is 14.0. The minimum atomic E-state index is -0.482. The molecule has 0 radical (unpaired) electrons. The Bertz CT molecular complexity index is 921. The molecule has 0 fully saturated rings. The SMILES string of the molecule is C[n+]1ccc(Nc2ccc(C(=O)Nc3ccc([N+](=O)[O-])cc3)cc2)cc1. The summed E-state index contributed by atoms with van der Waals surface area (Å²) in [6.45, 7) is 0. The van der Waals surface area contributed by atoms with Crippen LogP contribution in [0.4, 0.5) is 22.7 Å². The van der Waals surface area contributed by atoms with Gasteiger partial charge in [0.25, 0.3) is 11.6 Å². The number of nitrogens with one attached hydrogen (secondary N) is 2. The average Bonchev–Trinajstić information content (AvgIpc) is 2.64. The van der Waals surface area contributed by atoms with Crippen molar-refractivity contribution >= 4 is 28.7 Å². The normalized spacial score (nSPS) is 10.2. The van der Waals surface area contributed by atoms with Crippen molar-refractivity contribution in [2.45, 2.75) is 0 Å². The first-order chi connectivity index (χ1) is 12.5. The van der Waals surface area contributed by atoms with Gasteiger partial charge in [0.1, 0.15) is 7.05 Å². The standard InChI is InChI=1S/C19H16N4O3/c1-22-12-10-17(11-13-22)20-15-4-2-14(3-5-15)19(24)21-16-6-8-18(9-7-16)23(25)26/h2-13H,1H3,(H,21,24)/p+1. The van der Waals surface area contributed by atoms with Gasteiger partial charge in [0.2, 0.25) is 0 Å². The van der Waals surface area contributed by atoms with Crippen LogP contribution in [0, 0.1) is 10.1 Å². The van der Waals surface area contributed by atoms with Gasteiger partial charge in [-0.2, -0.15) is 0 Å². The highest BCUT2D eigenvalue weighted by atomic mass is 16.6. The lowest BCUT2D eigenvalue weighted by molar-refractivity contribution is -0.671. The van der Waals surface area contributed by atoms with E-state index in [0.29, 0.717) is 11.3 Å². The number of carbonyl (C=O) groups is 1. The van der Waals surface area contributed by atoms with Crippen LogP contribution in [-0.4, -0.2) is 10.8 Å². The van der Waals surface area contributed by atoms with Gasteiger partial charge in [-0.05, 0) is 36.4 Å². The van der Waals surface area contributed by atoms with Crippen LogP contribution in [0.1, 0.15) is 10.4 Å². The molecule has 7 nitrogen and oxygen atoms in total. The number of nitro groups is 1. The number of non-ortho nitro benzene ring substituents is 1. The zero-order valence-electron chi connectivity index (χ0n) is 14.0. The highest BCUT2D eigenvalue weighted by molar-refractivity contribution is 6.04. The summed E-state index contributed by atoms with van der Waals surface area (Å²) in [6.07, 6.45) is 3.88. The van der Waals surface area contributed by atoms with Crippen LogP contribution in [0.25, 0.3) is 0 Å². The van der Waals surface area contributed by atoms with Crippen LogP contribution in [0.5, 0.6) is 0 Å². The van der Waals surface area contributed by atoms with E-state index in [2.05, 4.69) is 10.6 Å². The van der Waals surface area contributed by atoms with Gasteiger partial charge in [0.15, 0.2) is 12.4 Å². The van der Waals surface area contributed by atoms with E-state index in [-0.39, 0.29) is 11.6 Å². The second-order valence-corrected chi connectivity index (χ2v) is 5.71. The highest BCUT2D eigenvalue weighted by Gasteiger charge is 2.08. The molecule has 130 valence electrons. The predicted octanol–water partition coefficient (Wildman–Crippen LogP) is 3.42. The summed E-state index contributed by atoms with van der Waals surface area (Å²) >= 11 is 0. The first kappa shape index (κ1) is 17.1. The van der Waals surface area contributed by atoms with Gasteiger partial charge in [-0.25, -0.2) is 4.57 Å². The number of aryl methyl sites for hydroxylation is 1. The van der Waals surface area contributed by atoms with Crippen molar-refractivity contribution in [1.29, 1.82) is 0 Å². The molecule has 0 saturated carbocycles. The van der Waals surface area contributed by atoms with E-state index >= 15 is 0 Å². The predicted molar refractivity (Wildman–Crippen MR) is 98.4 cm³/mol. The number of benzene rings is 2. The van der Waals surface area contributed by atoms with E-state index in [1.807, 2.05) is 48.3 Å². The maximum Gasteiger partial charge on any atom is 0.269 e. The highest BCUT2D eigenvalue weighted by Crippen LogP contribution is 2.18. The third-order valence-corrected chi connectivity index (χ3v) is 3.75. The van der Waals surface area contributed by atoms with E-state index < -0.39 is 4.92 Å². The first-order valence-electron chi connectivity index (χ1n) is 7.89. The number of nitrogens with zero attached hydrogens (tertiary/aromatic N) is 2. The average molecular weight is 349 g/mol. The third kappa shape index (κ3) is 4.21. The maximum absolute atomic E-state index is 12.3. The lowest BCUT2D eigenvalue weighted by Gasteiger charge is -2.08. The van der Waals surface area contributed by atoms with Gasteiger partial charge in [0, 0.05) is 41.2 Å². The Balaban J connectivity index is 1.64. The van der Waals surface area contributed by atoms with Gasteiger partial charge in [-0.1, -0.05) is 0 Å². The van der Waals surface area contributed by atoms with Crippen molar-refractivity contribution in [3.8, 4) is 0 Å². The van der Waals surface area contributed by atoms with Crippen molar-refractivity contribution in [3.63, 3.8) is 0 Å². The molecule has 2 N–H and O–H groups in total. The third-order valence-electron chi connectivity index (χ3n) is 3.75. The van der Waals surface area contributed by atoms with Crippen LogP contribution in [0.3, 0.4) is 0 Å². The number of amides is 1. The van der Waals surface area contributed by atoms with Gasteiger partial charge < -0.3 is 10.6 Å². The summed E-state index contributed by atoms with van der Waals surface area (Å²) in [5.74, 6) is -0.280. The Morgan fingerprint density at radius 2 is 1.42 bits per heavy atom. The Hall–Kier alpha value is -3.74. The largest absolute Gasteiger partial charge is 0.355 e. The van der Waals surface area contributed by atoms with Gasteiger partial charge in [-0.15, -0.1) is 0 Å². The molecule has 3 aromatic rings. The van der Waals surface area contributed by atoms with E-state index in [0.717, 1.165) is 11.4 Å². The number of hydrogen-bond acceptors (Lipinski definition) is 4. The molecule has 0 aliphatic carbocycles. The number of anilines is 3. The Morgan fingerprint density at radius 3 is 2.00 bits per heavy atom. The lowest BCUT2D eigenvalue weighted by Crippen LogP contribution is -2.25. The summed E-state index contributed by atoms with van der Waals surface area (Å²) < 4.78 is 1.94. The molecule has 0 spiro atoms. The minimum Gasteiger partial charge on any atom is -0.355 e. The van der Waals surface area contributed by atoms with E-state index in [1.54, 1.807) is 12.1 Å². The fraction of sp³-hybridized carbons (Fsp3) is 0.0526. The Morgan fingerprint density at radius 1 is 0.885 bits per heavy atom. The van der Waals surface area contributed by atoms with Crippen LogP contribution < -0.4 is 15.2 Å². The molecule has 0 aliphatic heterocycles. The van der Waals surface area contributed by atoms with Crippen LogP contribution in [0.15, 0.2) is 73.1 Å². The topological polar surface area (TPSA) is 88.2 Å². The fourth-order valence-corrected chi connectivity index (χ4v) is 2.33. The molecule has 3 rings (SSSR count). The van der Waals surface area contributed by atoms with Gasteiger partial charge >= 0.3 is 0 Å². The van der Waals surface area contributed by atoms with Crippen LogP contribution >= 0.6 is 0 Å². The molecule has 7 heteroatoms. The smallest absolute Gasteiger partial charge is 0.269 e. The summed E-state index contributed by atoms with van der Waals surface area (Å²) in [4.78, 5) is 22.4. The zero-order chi connectivity index (χ0) is 18.5.